The maximum Gasteiger partial charge on any atom is 0.306 e. The Bertz CT molecular complexity index is 1010. The second-order valence-electron chi connectivity index (χ2n) is 21.1. The van der Waals surface area contributed by atoms with Crippen LogP contribution in [0, 0.1) is 11.8 Å². The zero-order valence-corrected chi connectivity index (χ0v) is 45.3. The van der Waals surface area contributed by atoms with Crippen LogP contribution >= 0.6 is 0 Å². The minimum atomic E-state index is -0.763. The van der Waals surface area contributed by atoms with Gasteiger partial charge in [0.15, 0.2) is 6.10 Å². The summed E-state index contributed by atoms with van der Waals surface area (Å²) in [7, 11) is 0. The molecule has 0 saturated carbocycles. The van der Waals surface area contributed by atoms with Crippen LogP contribution in [0.5, 0.6) is 0 Å². The molecule has 392 valence electrons. The van der Waals surface area contributed by atoms with Gasteiger partial charge in [0, 0.05) is 19.3 Å². The summed E-state index contributed by atoms with van der Waals surface area (Å²) in [6.45, 7) is 11.5. The molecule has 0 radical (unpaired) electrons. The third-order valence-electron chi connectivity index (χ3n) is 14.4. The zero-order valence-electron chi connectivity index (χ0n) is 45.3. The fraction of sp³-hybridized carbons (Fsp3) is 0.950. The Morgan fingerprint density at radius 2 is 0.530 bits per heavy atom. The number of unbranched alkanes of at least 4 members (excludes halogenated alkanes) is 37. The van der Waals surface area contributed by atoms with Crippen molar-refractivity contribution in [3.8, 4) is 0 Å². The molecule has 66 heavy (non-hydrogen) atoms. The van der Waals surface area contributed by atoms with Crippen molar-refractivity contribution in [1.82, 2.24) is 0 Å². The zero-order chi connectivity index (χ0) is 48.2. The summed E-state index contributed by atoms with van der Waals surface area (Å²) in [5.41, 5.74) is 0. The van der Waals surface area contributed by atoms with Crippen molar-refractivity contribution < 1.29 is 28.6 Å². The van der Waals surface area contributed by atoms with Gasteiger partial charge in [-0.2, -0.15) is 0 Å². The van der Waals surface area contributed by atoms with E-state index in [9.17, 15) is 14.4 Å². The summed E-state index contributed by atoms with van der Waals surface area (Å²) in [6.07, 6.45) is 56.6. The molecule has 0 rings (SSSR count). The van der Waals surface area contributed by atoms with E-state index in [4.69, 9.17) is 14.2 Å². The van der Waals surface area contributed by atoms with Crippen molar-refractivity contribution in [2.45, 2.75) is 343 Å². The lowest BCUT2D eigenvalue weighted by Crippen LogP contribution is -2.30. The molecule has 6 heteroatoms. The number of esters is 3. The third kappa shape index (κ3) is 50.3. The monoisotopic (exact) mass is 933 g/mol. The summed E-state index contributed by atoms with van der Waals surface area (Å²) < 4.78 is 16.9. The lowest BCUT2D eigenvalue weighted by molar-refractivity contribution is -0.167. The number of ether oxygens (including phenoxy) is 3. The molecule has 0 aromatic heterocycles. The first-order chi connectivity index (χ1) is 32.3. The Kier molecular flexibility index (Phi) is 51.5. The van der Waals surface area contributed by atoms with Crippen LogP contribution in [0.2, 0.25) is 0 Å². The highest BCUT2D eigenvalue weighted by Crippen LogP contribution is 2.19. The highest BCUT2D eigenvalue weighted by atomic mass is 16.6. The van der Waals surface area contributed by atoms with E-state index in [1.54, 1.807) is 0 Å². The van der Waals surface area contributed by atoms with Crippen LogP contribution in [0.15, 0.2) is 0 Å². The molecule has 3 atom stereocenters. The maximum atomic E-state index is 12.8. The lowest BCUT2D eigenvalue weighted by atomic mass is 9.99. The third-order valence-corrected chi connectivity index (χ3v) is 14.4. The molecule has 6 nitrogen and oxygen atoms in total. The van der Waals surface area contributed by atoms with Crippen molar-refractivity contribution in [3.05, 3.63) is 0 Å². The van der Waals surface area contributed by atoms with Gasteiger partial charge in [-0.05, 0) is 31.1 Å². The topological polar surface area (TPSA) is 78.9 Å². The molecule has 0 saturated heterocycles. The number of hydrogen-bond acceptors (Lipinski definition) is 6. The molecule has 0 aliphatic rings. The molecule has 2 unspecified atom stereocenters. The summed E-state index contributed by atoms with van der Waals surface area (Å²) >= 11 is 0. The van der Waals surface area contributed by atoms with E-state index in [1.807, 2.05) is 0 Å². The first-order valence-electron chi connectivity index (χ1n) is 29.8. The van der Waals surface area contributed by atoms with E-state index in [2.05, 4.69) is 34.6 Å². The highest BCUT2D eigenvalue weighted by Gasteiger charge is 2.19. The van der Waals surface area contributed by atoms with Gasteiger partial charge in [-0.3, -0.25) is 14.4 Å². The van der Waals surface area contributed by atoms with Gasteiger partial charge in [-0.1, -0.05) is 298 Å². The van der Waals surface area contributed by atoms with Crippen LogP contribution in [0.1, 0.15) is 336 Å². The molecular formula is C60H116O6. The Balaban J connectivity index is 4.22. The van der Waals surface area contributed by atoms with E-state index < -0.39 is 6.10 Å². The molecule has 0 aliphatic heterocycles. The van der Waals surface area contributed by atoms with Gasteiger partial charge >= 0.3 is 17.9 Å². The van der Waals surface area contributed by atoms with Gasteiger partial charge in [0.1, 0.15) is 13.2 Å². The summed E-state index contributed by atoms with van der Waals surface area (Å²) in [5.74, 6) is 0.915. The molecule has 0 aromatic rings. The van der Waals surface area contributed by atoms with E-state index in [0.29, 0.717) is 19.3 Å². The Hall–Kier alpha value is -1.59. The average Bonchev–Trinajstić information content (AvgIpc) is 3.32. The Morgan fingerprint density at radius 1 is 0.303 bits per heavy atom. The molecule has 0 fully saturated rings. The largest absolute Gasteiger partial charge is 0.462 e. The first kappa shape index (κ1) is 64.4. The molecule has 0 amide bonds. The molecule has 0 spiro atoms. The predicted octanol–water partition coefficient (Wildman–Crippen LogP) is 19.7. The second-order valence-corrected chi connectivity index (χ2v) is 21.1. The van der Waals surface area contributed by atoms with Crippen molar-refractivity contribution in [2.75, 3.05) is 13.2 Å². The smallest absolute Gasteiger partial charge is 0.306 e. The van der Waals surface area contributed by atoms with E-state index in [0.717, 1.165) is 69.6 Å². The first-order valence-corrected chi connectivity index (χ1v) is 29.8. The molecule has 0 aliphatic carbocycles. The normalized spacial score (nSPS) is 12.9. The van der Waals surface area contributed by atoms with E-state index in [-0.39, 0.29) is 31.1 Å². The van der Waals surface area contributed by atoms with Crippen molar-refractivity contribution >= 4 is 17.9 Å². The van der Waals surface area contributed by atoms with Crippen LogP contribution in [-0.4, -0.2) is 37.2 Å². The van der Waals surface area contributed by atoms with Crippen LogP contribution < -0.4 is 0 Å². The summed E-state index contributed by atoms with van der Waals surface area (Å²) in [4.78, 5) is 38.1. The Morgan fingerprint density at radius 3 is 0.788 bits per heavy atom. The number of carbonyl (C=O) groups excluding carboxylic acids is 3. The number of hydrogen-bond donors (Lipinski definition) is 0. The van der Waals surface area contributed by atoms with Crippen molar-refractivity contribution in [2.24, 2.45) is 11.8 Å². The van der Waals surface area contributed by atoms with Crippen LogP contribution in [0.25, 0.3) is 0 Å². The number of carbonyl (C=O) groups is 3. The van der Waals surface area contributed by atoms with Gasteiger partial charge in [0.2, 0.25) is 0 Å². The highest BCUT2D eigenvalue weighted by molar-refractivity contribution is 5.71. The molecule has 0 N–H and O–H groups in total. The van der Waals surface area contributed by atoms with Gasteiger partial charge in [-0.25, -0.2) is 0 Å². The minimum absolute atomic E-state index is 0.0630. The van der Waals surface area contributed by atoms with Crippen LogP contribution in [-0.2, 0) is 28.6 Å². The van der Waals surface area contributed by atoms with Gasteiger partial charge < -0.3 is 14.2 Å². The number of rotatable bonds is 54. The fourth-order valence-electron chi connectivity index (χ4n) is 9.16. The summed E-state index contributed by atoms with van der Waals surface area (Å²) in [6, 6.07) is 0. The standard InChI is InChI=1S/C60H116O6/c1-6-9-10-11-12-13-14-15-23-26-29-35-40-45-50-58(61)64-53-57(66-60(63)52-47-42-37-32-31-34-39-44-49-56(5)8-3)54-65-59(62)51-46-41-36-30-27-24-21-19-17-16-18-20-22-25-28-33-38-43-48-55(4)7-2/h55-57H,6-54H2,1-5H3/t55?,56?,57-/m1/s1. The van der Waals surface area contributed by atoms with E-state index >= 15 is 0 Å². The molecule has 0 heterocycles. The second kappa shape index (κ2) is 52.8. The SMILES string of the molecule is CCCCCCCCCCCCCCCCC(=O)OC[C@H](COC(=O)CCCCCCCCCCCCCCCCCCCCC(C)CC)OC(=O)CCCCCCCCCCC(C)CC. The quantitative estimate of drug-likeness (QED) is 0.0343. The van der Waals surface area contributed by atoms with Crippen LogP contribution in [0.3, 0.4) is 0 Å². The van der Waals surface area contributed by atoms with E-state index in [1.165, 1.54) is 225 Å². The van der Waals surface area contributed by atoms with Crippen molar-refractivity contribution in [3.63, 3.8) is 0 Å². The Labute approximate surface area is 412 Å². The molecule has 0 bridgehead atoms. The predicted molar refractivity (Wildman–Crippen MR) is 284 cm³/mol. The maximum absolute atomic E-state index is 12.8. The summed E-state index contributed by atoms with van der Waals surface area (Å²) in [5, 5.41) is 0. The minimum Gasteiger partial charge on any atom is -0.462 e. The molecular weight excluding hydrogens is 817 g/mol. The van der Waals surface area contributed by atoms with Gasteiger partial charge in [0.05, 0.1) is 0 Å². The average molecular weight is 934 g/mol. The fourth-order valence-corrected chi connectivity index (χ4v) is 9.16. The van der Waals surface area contributed by atoms with Crippen LogP contribution in [0.4, 0.5) is 0 Å². The van der Waals surface area contributed by atoms with Gasteiger partial charge in [0.25, 0.3) is 0 Å². The van der Waals surface area contributed by atoms with Gasteiger partial charge in [-0.15, -0.1) is 0 Å². The van der Waals surface area contributed by atoms with Crippen molar-refractivity contribution in [1.29, 1.82) is 0 Å². The molecule has 0 aromatic carbocycles. The lowest BCUT2D eigenvalue weighted by Gasteiger charge is -2.18.